The molecule has 3 N–H and O–H groups in total. The highest BCUT2D eigenvalue weighted by Gasteiger charge is 2.52. The molecule has 2 amide bonds. The van der Waals surface area contributed by atoms with Crippen LogP contribution in [0.25, 0.3) is 0 Å². The van der Waals surface area contributed by atoms with Crippen molar-refractivity contribution in [1.29, 1.82) is 0 Å². The summed E-state index contributed by atoms with van der Waals surface area (Å²) in [5.74, 6) is -0.836. The molecule has 1 fully saturated rings. The summed E-state index contributed by atoms with van der Waals surface area (Å²) in [7, 11) is 0. The first kappa shape index (κ1) is 13.1. The number of nitrogens with one attached hydrogen (secondary N) is 1. The lowest BCUT2D eigenvalue weighted by atomic mass is 9.82. The van der Waals surface area contributed by atoms with Crippen LogP contribution >= 0.6 is 0 Å². The zero-order valence-corrected chi connectivity index (χ0v) is 11.4. The van der Waals surface area contributed by atoms with Crippen LogP contribution in [0.15, 0.2) is 24.3 Å². The summed E-state index contributed by atoms with van der Waals surface area (Å²) in [6.07, 6.45) is 3.52. The molecule has 0 aromatic heterocycles. The zero-order chi connectivity index (χ0) is 14.2. The summed E-state index contributed by atoms with van der Waals surface area (Å²) >= 11 is 0. The van der Waals surface area contributed by atoms with Crippen molar-refractivity contribution in [3.8, 4) is 0 Å². The van der Waals surface area contributed by atoms with E-state index in [9.17, 15) is 9.59 Å². The lowest BCUT2D eigenvalue weighted by Gasteiger charge is -2.44. The number of hydrogen-bond donors (Lipinski definition) is 2. The second-order valence-electron chi connectivity index (χ2n) is 5.56. The van der Waals surface area contributed by atoms with Crippen LogP contribution in [0.4, 0.5) is 5.69 Å². The molecule has 2 aliphatic heterocycles. The number of fused-ring (bicyclic) bond motifs is 1. The van der Waals surface area contributed by atoms with Gasteiger partial charge in [-0.05, 0) is 37.6 Å². The Bertz CT molecular complexity index is 552. The number of nitrogens with two attached hydrogens (primary N) is 1. The maximum absolute atomic E-state index is 12.6. The highest BCUT2D eigenvalue weighted by atomic mass is 16.2. The van der Waals surface area contributed by atoms with Gasteiger partial charge in [0.1, 0.15) is 0 Å². The van der Waals surface area contributed by atoms with Crippen LogP contribution in [-0.2, 0) is 16.0 Å². The molecule has 0 saturated carbocycles. The van der Waals surface area contributed by atoms with Crippen molar-refractivity contribution >= 4 is 17.5 Å². The molecule has 0 radical (unpaired) electrons. The molecule has 20 heavy (non-hydrogen) atoms. The molecule has 106 valence electrons. The summed E-state index contributed by atoms with van der Waals surface area (Å²) in [6.45, 7) is 1.50. The first-order valence-corrected chi connectivity index (χ1v) is 7.09. The number of primary amides is 1. The summed E-state index contributed by atoms with van der Waals surface area (Å²) in [6, 6.07) is 7.58. The molecular weight excluding hydrogens is 254 g/mol. The largest absolute Gasteiger partial charge is 0.368 e. The van der Waals surface area contributed by atoms with Gasteiger partial charge in [-0.15, -0.1) is 0 Å². The highest BCUT2D eigenvalue weighted by Crippen LogP contribution is 2.33. The SMILES string of the molecule is NC(=O)C1(N2CCCCC2)Cc2ccccc2NC1=O. The number of amides is 2. The van der Waals surface area contributed by atoms with E-state index in [0.29, 0.717) is 6.42 Å². The quantitative estimate of drug-likeness (QED) is 0.786. The van der Waals surface area contributed by atoms with Crippen LogP contribution in [0.1, 0.15) is 24.8 Å². The van der Waals surface area contributed by atoms with Gasteiger partial charge in [0.05, 0.1) is 0 Å². The third-order valence-electron chi connectivity index (χ3n) is 4.39. The average molecular weight is 273 g/mol. The van der Waals surface area contributed by atoms with E-state index in [1.54, 1.807) is 0 Å². The van der Waals surface area contributed by atoms with E-state index in [4.69, 9.17) is 5.73 Å². The second-order valence-corrected chi connectivity index (χ2v) is 5.56. The monoisotopic (exact) mass is 273 g/mol. The van der Waals surface area contributed by atoms with E-state index < -0.39 is 11.4 Å². The molecule has 3 rings (SSSR count). The minimum absolute atomic E-state index is 0.286. The number of carbonyl (C=O) groups is 2. The minimum Gasteiger partial charge on any atom is -0.368 e. The van der Waals surface area contributed by atoms with Crippen molar-refractivity contribution in [1.82, 2.24) is 4.90 Å². The predicted octanol–water partition coefficient (Wildman–Crippen LogP) is 0.891. The molecule has 1 aromatic carbocycles. The molecule has 2 heterocycles. The molecule has 1 saturated heterocycles. The average Bonchev–Trinajstić information content (AvgIpc) is 2.47. The third kappa shape index (κ3) is 1.89. The van der Waals surface area contributed by atoms with Crippen molar-refractivity contribution < 1.29 is 9.59 Å². The fraction of sp³-hybridized carbons (Fsp3) is 0.467. The Morgan fingerprint density at radius 1 is 1.20 bits per heavy atom. The summed E-state index contributed by atoms with van der Waals surface area (Å²) in [5, 5.41) is 2.85. The van der Waals surface area contributed by atoms with Gasteiger partial charge >= 0.3 is 0 Å². The fourth-order valence-corrected chi connectivity index (χ4v) is 3.26. The van der Waals surface area contributed by atoms with Gasteiger partial charge in [-0.2, -0.15) is 0 Å². The lowest BCUT2D eigenvalue weighted by Crippen LogP contribution is -2.68. The number of rotatable bonds is 2. The van der Waals surface area contributed by atoms with Crippen molar-refractivity contribution in [2.45, 2.75) is 31.2 Å². The minimum atomic E-state index is -1.23. The van der Waals surface area contributed by atoms with E-state index in [2.05, 4.69) is 5.32 Å². The third-order valence-corrected chi connectivity index (χ3v) is 4.39. The Morgan fingerprint density at radius 3 is 2.60 bits per heavy atom. The number of para-hydroxylation sites is 1. The molecule has 1 atom stereocenters. The van der Waals surface area contributed by atoms with Crippen molar-refractivity contribution in [3.05, 3.63) is 29.8 Å². The molecule has 2 aliphatic rings. The standard InChI is InChI=1S/C15H19N3O2/c16-13(19)15(18-8-4-1-5-9-18)10-11-6-2-3-7-12(11)17-14(15)20/h2-3,6-7H,1,4-5,8-10H2,(H2,16,19)(H,17,20). The van der Waals surface area contributed by atoms with Gasteiger partial charge in [0.25, 0.3) is 5.91 Å². The van der Waals surface area contributed by atoms with E-state index in [1.807, 2.05) is 29.2 Å². The molecule has 1 unspecified atom stereocenters. The second kappa shape index (κ2) is 4.90. The number of piperidine rings is 1. The Morgan fingerprint density at radius 2 is 1.90 bits per heavy atom. The van der Waals surface area contributed by atoms with Gasteiger partial charge < -0.3 is 11.1 Å². The molecule has 5 nitrogen and oxygen atoms in total. The number of hydrogen-bond acceptors (Lipinski definition) is 3. The van der Waals surface area contributed by atoms with E-state index in [-0.39, 0.29) is 5.91 Å². The Kier molecular flexibility index (Phi) is 3.22. The smallest absolute Gasteiger partial charge is 0.255 e. The van der Waals surface area contributed by atoms with Crippen LogP contribution in [0.5, 0.6) is 0 Å². The first-order chi connectivity index (χ1) is 9.64. The van der Waals surface area contributed by atoms with Gasteiger partial charge in [-0.25, -0.2) is 0 Å². The van der Waals surface area contributed by atoms with Crippen molar-refractivity contribution in [3.63, 3.8) is 0 Å². The van der Waals surface area contributed by atoms with Crippen molar-refractivity contribution in [2.24, 2.45) is 5.73 Å². The Balaban J connectivity index is 2.02. The van der Waals surface area contributed by atoms with E-state index in [0.717, 1.165) is 43.6 Å². The van der Waals surface area contributed by atoms with Gasteiger partial charge in [0.2, 0.25) is 5.91 Å². The normalized spacial score (nSPS) is 26.7. The van der Waals surface area contributed by atoms with Crippen LogP contribution in [0.3, 0.4) is 0 Å². The van der Waals surface area contributed by atoms with Gasteiger partial charge in [0, 0.05) is 12.1 Å². The number of likely N-dealkylation sites (tertiary alicyclic amines) is 1. The fourth-order valence-electron chi connectivity index (χ4n) is 3.26. The van der Waals surface area contributed by atoms with Gasteiger partial charge in [-0.1, -0.05) is 24.6 Å². The summed E-state index contributed by atoms with van der Waals surface area (Å²) < 4.78 is 0. The molecule has 5 heteroatoms. The van der Waals surface area contributed by atoms with Gasteiger partial charge in [-0.3, -0.25) is 14.5 Å². The number of carbonyl (C=O) groups excluding carboxylic acids is 2. The van der Waals surface area contributed by atoms with Crippen LogP contribution in [0.2, 0.25) is 0 Å². The van der Waals surface area contributed by atoms with Crippen LogP contribution in [-0.4, -0.2) is 35.3 Å². The Hall–Kier alpha value is -1.88. The predicted molar refractivity (Wildman–Crippen MR) is 76.1 cm³/mol. The maximum atomic E-state index is 12.6. The number of nitrogens with zero attached hydrogens (tertiary/aromatic N) is 1. The topological polar surface area (TPSA) is 75.4 Å². The lowest BCUT2D eigenvalue weighted by molar-refractivity contribution is -0.143. The van der Waals surface area contributed by atoms with E-state index in [1.165, 1.54) is 0 Å². The highest BCUT2D eigenvalue weighted by molar-refractivity contribution is 6.16. The molecule has 0 spiro atoms. The maximum Gasteiger partial charge on any atom is 0.255 e. The molecular formula is C15H19N3O2. The molecule has 1 aromatic rings. The first-order valence-electron chi connectivity index (χ1n) is 7.09. The number of benzene rings is 1. The van der Waals surface area contributed by atoms with Crippen LogP contribution < -0.4 is 11.1 Å². The van der Waals surface area contributed by atoms with Gasteiger partial charge in [0.15, 0.2) is 5.54 Å². The van der Waals surface area contributed by atoms with E-state index >= 15 is 0 Å². The molecule has 0 aliphatic carbocycles. The Labute approximate surface area is 118 Å². The summed E-state index contributed by atoms with van der Waals surface area (Å²) in [5.41, 5.74) is 6.16. The molecule has 0 bridgehead atoms. The van der Waals surface area contributed by atoms with Crippen molar-refractivity contribution in [2.75, 3.05) is 18.4 Å². The zero-order valence-electron chi connectivity index (χ0n) is 11.4. The summed E-state index contributed by atoms with van der Waals surface area (Å²) in [4.78, 5) is 26.6. The number of anilines is 1. The van der Waals surface area contributed by atoms with Crippen LogP contribution in [0, 0.1) is 0 Å².